The minimum absolute atomic E-state index is 0.0207. The molecule has 1 unspecified atom stereocenters. The molecule has 1 rings (SSSR count). The molecule has 16 heavy (non-hydrogen) atoms. The van der Waals surface area contributed by atoms with Crippen LogP contribution in [0.4, 0.5) is 0 Å². The van der Waals surface area contributed by atoms with Gasteiger partial charge in [-0.3, -0.25) is 4.98 Å². The van der Waals surface area contributed by atoms with Gasteiger partial charge in [-0.1, -0.05) is 6.92 Å². The molecule has 0 saturated carbocycles. The van der Waals surface area contributed by atoms with Gasteiger partial charge in [0.1, 0.15) is 5.75 Å². The van der Waals surface area contributed by atoms with Crippen LogP contribution in [0.5, 0.6) is 5.75 Å². The Morgan fingerprint density at radius 3 is 2.81 bits per heavy atom. The number of ether oxygens (including phenoxy) is 1. The summed E-state index contributed by atoms with van der Waals surface area (Å²) in [6, 6.07) is 1.95. The van der Waals surface area contributed by atoms with Crippen LogP contribution in [0, 0.1) is 0 Å². The molecule has 0 aromatic carbocycles. The minimum Gasteiger partial charge on any atom is -0.492 e. The van der Waals surface area contributed by atoms with Crippen molar-refractivity contribution < 1.29 is 4.74 Å². The minimum atomic E-state index is -0.0207. The van der Waals surface area contributed by atoms with E-state index in [0.717, 1.165) is 24.3 Å². The molecular formula is C12H21N3O. The first kappa shape index (κ1) is 12.9. The monoisotopic (exact) mass is 223 g/mol. The summed E-state index contributed by atoms with van der Waals surface area (Å²) >= 11 is 0. The van der Waals surface area contributed by atoms with E-state index in [9.17, 15) is 0 Å². The van der Waals surface area contributed by atoms with Crippen molar-refractivity contribution in [1.82, 2.24) is 9.88 Å². The predicted molar refractivity (Wildman–Crippen MR) is 65.5 cm³/mol. The van der Waals surface area contributed by atoms with Crippen molar-refractivity contribution >= 4 is 0 Å². The summed E-state index contributed by atoms with van der Waals surface area (Å²) < 4.78 is 5.52. The van der Waals surface area contributed by atoms with Crippen molar-refractivity contribution in [3.63, 3.8) is 0 Å². The van der Waals surface area contributed by atoms with E-state index in [2.05, 4.69) is 16.8 Å². The third kappa shape index (κ3) is 4.16. The molecule has 2 N–H and O–H groups in total. The van der Waals surface area contributed by atoms with Crippen molar-refractivity contribution in [2.75, 3.05) is 27.2 Å². The Labute approximate surface area is 97.4 Å². The summed E-state index contributed by atoms with van der Waals surface area (Å²) in [5.41, 5.74) is 7.07. The van der Waals surface area contributed by atoms with Gasteiger partial charge in [-0.2, -0.15) is 0 Å². The molecule has 0 aliphatic heterocycles. The second kappa shape index (κ2) is 6.45. The van der Waals surface area contributed by atoms with E-state index >= 15 is 0 Å². The van der Waals surface area contributed by atoms with Crippen LogP contribution in [0.15, 0.2) is 18.5 Å². The van der Waals surface area contributed by atoms with Crippen LogP contribution in [0.1, 0.15) is 24.9 Å². The van der Waals surface area contributed by atoms with Crippen LogP contribution < -0.4 is 10.5 Å². The molecule has 0 fully saturated rings. The Morgan fingerprint density at radius 1 is 1.44 bits per heavy atom. The number of nitrogens with two attached hydrogens (primary N) is 1. The largest absolute Gasteiger partial charge is 0.492 e. The number of likely N-dealkylation sites (N-methyl/N-ethyl adjacent to an activating group) is 1. The first-order valence-electron chi connectivity index (χ1n) is 5.61. The molecule has 0 radical (unpaired) electrons. The molecule has 0 saturated heterocycles. The fraction of sp³-hybridized carbons (Fsp3) is 0.583. The van der Waals surface area contributed by atoms with Gasteiger partial charge >= 0.3 is 0 Å². The summed E-state index contributed by atoms with van der Waals surface area (Å²) in [6.07, 6.45) is 4.52. The van der Waals surface area contributed by atoms with Gasteiger partial charge in [0.15, 0.2) is 0 Å². The highest BCUT2D eigenvalue weighted by Gasteiger charge is 2.08. The van der Waals surface area contributed by atoms with Gasteiger partial charge in [0.2, 0.25) is 0 Å². The molecule has 1 atom stereocenters. The van der Waals surface area contributed by atoms with Crippen LogP contribution >= 0.6 is 0 Å². The first-order valence-corrected chi connectivity index (χ1v) is 5.61. The van der Waals surface area contributed by atoms with Gasteiger partial charge in [-0.25, -0.2) is 0 Å². The Bertz CT molecular complexity index is 315. The quantitative estimate of drug-likeness (QED) is 0.792. The van der Waals surface area contributed by atoms with E-state index < -0.39 is 0 Å². The average molecular weight is 223 g/mol. The fourth-order valence-electron chi connectivity index (χ4n) is 1.44. The Morgan fingerprint density at radius 2 is 2.19 bits per heavy atom. The Balaban J connectivity index is 2.65. The van der Waals surface area contributed by atoms with Crippen molar-refractivity contribution in [2.45, 2.75) is 19.4 Å². The number of hydrogen-bond acceptors (Lipinski definition) is 4. The SMILES string of the molecule is CCCOc1cncc(C(N)CN(C)C)c1. The third-order valence-electron chi connectivity index (χ3n) is 2.20. The van der Waals surface area contributed by atoms with Gasteiger partial charge in [-0.15, -0.1) is 0 Å². The van der Waals surface area contributed by atoms with E-state index in [-0.39, 0.29) is 6.04 Å². The molecule has 90 valence electrons. The number of aromatic nitrogens is 1. The predicted octanol–water partition coefficient (Wildman–Crippen LogP) is 1.43. The Hall–Kier alpha value is -1.13. The first-order chi connectivity index (χ1) is 7.63. The molecule has 0 aliphatic rings. The van der Waals surface area contributed by atoms with Gasteiger partial charge < -0.3 is 15.4 Å². The Kier molecular flexibility index (Phi) is 5.22. The van der Waals surface area contributed by atoms with Gasteiger partial charge in [0.05, 0.1) is 12.8 Å². The standard InChI is InChI=1S/C12H21N3O/c1-4-5-16-11-6-10(7-14-8-11)12(13)9-15(2)3/h6-8,12H,4-5,9,13H2,1-3H3. The lowest BCUT2D eigenvalue weighted by Crippen LogP contribution is -2.26. The molecule has 1 aromatic rings. The molecule has 1 aromatic heterocycles. The highest BCUT2D eigenvalue weighted by Crippen LogP contribution is 2.16. The molecule has 4 nitrogen and oxygen atoms in total. The zero-order valence-corrected chi connectivity index (χ0v) is 10.3. The lowest BCUT2D eigenvalue weighted by molar-refractivity contribution is 0.315. The molecule has 0 bridgehead atoms. The summed E-state index contributed by atoms with van der Waals surface area (Å²) in [4.78, 5) is 6.20. The van der Waals surface area contributed by atoms with Gasteiger partial charge in [0, 0.05) is 18.8 Å². The smallest absolute Gasteiger partial charge is 0.137 e. The third-order valence-corrected chi connectivity index (χ3v) is 2.20. The molecular weight excluding hydrogens is 202 g/mol. The molecule has 1 heterocycles. The summed E-state index contributed by atoms with van der Waals surface area (Å²) in [5.74, 6) is 0.800. The summed E-state index contributed by atoms with van der Waals surface area (Å²) in [5, 5.41) is 0. The molecule has 0 aliphatic carbocycles. The second-order valence-corrected chi connectivity index (χ2v) is 4.17. The maximum absolute atomic E-state index is 6.06. The van der Waals surface area contributed by atoms with E-state index in [0.29, 0.717) is 6.61 Å². The number of hydrogen-bond donors (Lipinski definition) is 1. The number of pyridine rings is 1. The fourth-order valence-corrected chi connectivity index (χ4v) is 1.44. The van der Waals surface area contributed by atoms with E-state index in [1.807, 2.05) is 20.2 Å². The topological polar surface area (TPSA) is 51.4 Å². The van der Waals surface area contributed by atoms with Crippen molar-refractivity contribution in [3.8, 4) is 5.75 Å². The van der Waals surface area contributed by atoms with Crippen molar-refractivity contribution in [2.24, 2.45) is 5.73 Å². The van der Waals surface area contributed by atoms with E-state index in [1.165, 1.54) is 0 Å². The summed E-state index contributed by atoms with van der Waals surface area (Å²) in [6.45, 7) is 3.60. The molecule has 0 amide bonds. The van der Waals surface area contributed by atoms with Crippen LogP contribution in [-0.2, 0) is 0 Å². The van der Waals surface area contributed by atoms with E-state index in [4.69, 9.17) is 10.5 Å². The highest BCUT2D eigenvalue weighted by molar-refractivity contribution is 5.26. The van der Waals surface area contributed by atoms with Crippen LogP contribution in [-0.4, -0.2) is 37.1 Å². The lowest BCUT2D eigenvalue weighted by Gasteiger charge is -2.17. The second-order valence-electron chi connectivity index (χ2n) is 4.17. The molecule has 0 spiro atoms. The van der Waals surface area contributed by atoms with Crippen LogP contribution in [0.25, 0.3) is 0 Å². The summed E-state index contributed by atoms with van der Waals surface area (Å²) in [7, 11) is 4.01. The molecule has 4 heteroatoms. The van der Waals surface area contributed by atoms with E-state index in [1.54, 1.807) is 12.4 Å². The van der Waals surface area contributed by atoms with Gasteiger partial charge in [0.25, 0.3) is 0 Å². The van der Waals surface area contributed by atoms with Crippen LogP contribution in [0.3, 0.4) is 0 Å². The number of rotatable bonds is 6. The van der Waals surface area contributed by atoms with Crippen molar-refractivity contribution in [3.05, 3.63) is 24.0 Å². The normalized spacial score (nSPS) is 12.8. The zero-order chi connectivity index (χ0) is 12.0. The zero-order valence-electron chi connectivity index (χ0n) is 10.3. The average Bonchev–Trinajstić information content (AvgIpc) is 2.26. The van der Waals surface area contributed by atoms with Gasteiger partial charge in [-0.05, 0) is 32.1 Å². The van der Waals surface area contributed by atoms with Crippen molar-refractivity contribution in [1.29, 1.82) is 0 Å². The number of nitrogens with zero attached hydrogens (tertiary/aromatic N) is 2. The van der Waals surface area contributed by atoms with Crippen LogP contribution in [0.2, 0.25) is 0 Å². The highest BCUT2D eigenvalue weighted by atomic mass is 16.5. The maximum Gasteiger partial charge on any atom is 0.137 e. The maximum atomic E-state index is 6.06. The lowest BCUT2D eigenvalue weighted by atomic mass is 10.1.